The van der Waals surface area contributed by atoms with Crippen LogP contribution >= 0.6 is 11.6 Å². The van der Waals surface area contributed by atoms with Crippen molar-refractivity contribution in [3.63, 3.8) is 0 Å². The second-order valence-corrected chi connectivity index (χ2v) is 7.75. The van der Waals surface area contributed by atoms with Crippen molar-refractivity contribution in [2.45, 2.75) is 13.8 Å². The summed E-state index contributed by atoms with van der Waals surface area (Å²) in [4.78, 5) is 32.7. The van der Waals surface area contributed by atoms with E-state index in [4.69, 9.17) is 16.3 Å². The number of hydrogen-bond acceptors (Lipinski definition) is 8. The van der Waals surface area contributed by atoms with Gasteiger partial charge in [0.05, 0.1) is 24.5 Å². The van der Waals surface area contributed by atoms with Crippen molar-refractivity contribution in [2.75, 3.05) is 19.0 Å². The molecule has 10 nitrogen and oxygen atoms in total. The van der Waals surface area contributed by atoms with Gasteiger partial charge < -0.3 is 19.4 Å². The number of rotatable bonds is 6. The van der Waals surface area contributed by atoms with E-state index >= 15 is 0 Å². The molecule has 4 aromatic rings. The van der Waals surface area contributed by atoms with Crippen LogP contribution in [0, 0.1) is 13.8 Å². The first-order valence-corrected chi connectivity index (χ1v) is 10.3. The van der Waals surface area contributed by atoms with Crippen LogP contribution in [0.15, 0.2) is 41.3 Å². The fraction of sp³-hybridized carbons (Fsp3) is 0.227. The van der Waals surface area contributed by atoms with E-state index in [1.165, 1.54) is 17.9 Å². The van der Waals surface area contributed by atoms with Gasteiger partial charge in [-0.1, -0.05) is 11.6 Å². The Hall–Kier alpha value is -3.92. The number of benzene rings is 1. The van der Waals surface area contributed by atoms with Crippen LogP contribution in [0.25, 0.3) is 16.9 Å². The molecule has 1 N–H and O–H groups in total. The zero-order valence-electron chi connectivity index (χ0n) is 18.4. The predicted molar refractivity (Wildman–Crippen MR) is 124 cm³/mol. The van der Waals surface area contributed by atoms with Crippen molar-refractivity contribution >= 4 is 40.0 Å². The Morgan fingerprint density at radius 2 is 2.00 bits per heavy atom. The van der Waals surface area contributed by atoms with E-state index in [1.54, 1.807) is 29.9 Å². The second-order valence-electron chi connectivity index (χ2n) is 7.34. The van der Waals surface area contributed by atoms with Gasteiger partial charge in [0.25, 0.3) is 11.5 Å². The summed E-state index contributed by atoms with van der Waals surface area (Å²) in [6, 6.07) is 8.92. The predicted octanol–water partition coefficient (Wildman–Crippen LogP) is 3.08. The molecule has 0 unspecified atom stereocenters. The standard InChI is InChI=1S/C22H21ClN6O4/c1-12-7-13(2)29(27-12)22-24-10-16(23)20(26-22)25-15-5-6-17-14(8-15)9-18(21(31)28(17)3)33-11-19(30)32-4/h5-10H,11H2,1-4H3,(H,24,25,26). The number of hydrogen-bond donors (Lipinski definition) is 1. The summed E-state index contributed by atoms with van der Waals surface area (Å²) in [5, 5.41) is 8.64. The first kappa shape index (κ1) is 22.3. The van der Waals surface area contributed by atoms with E-state index in [0.717, 1.165) is 11.4 Å². The zero-order chi connectivity index (χ0) is 23.7. The first-order chi connectivity index (χ1) is 15.8. The van der Waals surface area contributed by atoms with E-state index in [9.17, 15) is 9.59 Å². The molecule has 0 aliphatic carbocycles. The number of methoxy groups -OCH3 is 1. The molecular weight excluding hydrogens is 448 g/mol. The van der Waals surface area contributed by atoms with Gasteiger partial charge in [0.1, 0.15) is 5.02 Å². The van der Waals surface area contributed by atoms with Gasteiger partial charge in [-0.3, -0.25) is 4.79 Å². The number of esters is 1. The number of ether oxygens (including phenoxy) is 2. The molecular formula is C22H21ClN6O4. The van der Waals surface area contributed by atoms with Gasteiger partial charge in [0, 0.05) is 23.8 Å². The van der Waals surface area contributed by atoms with E-state index in [2.05, 4.69) is 25.1 Å². The number of nitrogens with zero attached hydrogens (tertiary/aromatic N) is 5. The Labute approximate surface area is 193 Å². The zero-order valence-corrected chi connectivity index (χ0v) is 19.2. The molecule has 11 heteroatoms. The maximum Gasteiger partial charge on any atom is 0.343 e. The van der Waals surface area contributed by atoms with Crippen molar-refractivity contribution in [3.05, 3.63) is 63.3 Å². The summed E-state index contributed by atoms with van der Waals surface area (Å²) < 4.78 is 13.0. The summed E-state index contributed by atoms with van der Waals surface area (Å²) in [5.74, 6) is 0.249. The molecule has 3 aromatic heterocycles. The molecule has 0 fully saturated rings. The van der Waals surface area contributed by atoms with E-state index in [-0.39, 0.29) is 17.9 Å². The Morgan fingerprint density at radius 1 is 1.21 bits per heavy atom. The molecule has 4 rings (SSSR count). The van der Waals surface area contributed by atoms with Gasteiger partial charge in [-0.25, -0.2) is 14.5 Å². The van der Waals surface area contributed by atoms with Crippen LogP contribution in [0.5, 0.6) is 5.75 Å². The van der Waals surface area contributed by atoms with Crippen LogP contribution in [-0.2, 0) is 16.6 Å². The molecule has 0 saturated heterocycles. The molecule has 3 heterocycles. The minimum atomic E-state index is -0.579. The highest BCUT2D eigenvalue weighted by Crippen LogP contribution is 2.27. The number of aryl methyl sites for hydroxylation is 3. The van der Waals surface area contributed by atoms with Gasteiger partial charge in [0.2, 0.25) is 0 Å². The summed E-state index contributed by atoms with van der Waals surface area (Å²) >= 11 is 6.33. The Balaban J connectivity index is 1.68. The molecule has 0 atom stereocenters. The van der Waals surface area contributed by atoms with E-state index in [1.807, 2.05) is 26.0 Å². The first-order valence-electron chi connectivity index (χ1n) is 9.93. The second kappa shape index (κ2) is 8.91. The highest BCUT2D eigenvalue weighted by Gasteiger charge is 2.13. The molecule has 0 aliphatic heterocycles. The summed E-state index contributed by atoms with van der Waals surface area (Å²) in [7, 11) is 2.88. The monoisotopic (exact) mass is 468 g/mol. The van der Waals surface area contributed by atoms with Gasteiger partial charge >= 0.3 is 5.97 Å². The van der Waals surface area contributed by atoms with Crippen molar-refractivity contribution in [2.24, 2.45) is 7.05 Å². The number of pyridine rings is 1. The number of fused-ring (bicyclic) bond motifs is 1. The Bertz CT molecular complexity index is 1430. The normalized spacial score (nSPS) is 10.9. The third kappa shape index (κ3) is 4.51. The van der Waals surface area contributed by atoms with Gasteiger partial charge in [-0.15, -0.1) is 0 Å². The van der Waals surface area contributed by atoms with Crippen LogP contribution in [-0.4, -0.2) is 44.0 Å². The summed E-state index contributed by atoms with van der Waals surface area (Å²) in [6.45, 7) is 3.45. The Morgan fingerprint density at radius 3 is 2.70 bits per heavy atom. The van der Waals surface area contributed by atoms with Crippen LogP contribution in [0.4, 0.5) is 11.5 Å². The Kier molecular flexibility index (Phi) is 6.01. The maximum absolute atomic E-state index is 12.5. The molecule has 33 heavy (non-hydrogen) atoms. The third-order valence-electron chi connectivity index (χ3n) is 4.96. The number of carbonyl (C=O) groups is 1. The average molecular weight is 469 g/mol. The fourth-order valence-corrected chi connectivity index (χ4v) is 3.48. The number of aromatic nitrogens is 5. The topological polar surface area (TPSA) is 113 Å². The summed E-state index contributed by atoms with van der Waals surface area (Å²) in [5.41, 5.74) is 2.76. The van der Waals surface area contributed by atoms with Gasteiger partial charge in [0.15, 0.2) is 18.2 Å². The molecule has 0 bridgehead atoms. The number of anilines is 2. The van der Waals surface area contributed by atoms with Crippen molar-refractivity contribution in [1.82, 2.24) is 24.3 Å². The smallest absolute Gasteiger partial charge is 0.343 e. The van der Waals surface area contributed by atoms with E-state index in [0.29, 0.717) is 33.4 Å². The lowest BCUT2D eigenvalue weighted by atomic mass is 10.2. The van der Waals surface area contributed by atoms with Crippen molar-refractivity contribution in [1.29, 1.82) is 0 Å². The van der Waals surface area contributed by atoms with Crippen LogP contribution in [0.3, 0.4) is 0 Å². The molecule has 170 valence electrons. The van der Waals surface area contributed by atoms with Crippen LogP contribution in [0.1, 0.15) is 11.4 Å². The largest absolute Gasteiger partial charge is 0.476 e. The maximum atomic E-state index is 12.5. The van der Waals surface area contributed by atoms with Crippen LogP contribution in [0.2, 0.25) is 5.02 Å². The lowest BCUT2D eigenvalue weighted by Gasteiger charge is -2.13. The molecule has 0 amide bonds. The molecule has 0 spiro atoms. The quantitative estimate of drug-likeness (QED) is 0.429. The number of halogens is 1. The van der Waals surface area contributed by atoms with Crippen molar-refractivity contribution in [3.8, 4) is 11.7 Å². The molecule has 0 saturated carbocycles. The van der Waals surface area contributed by atoms with Crippen LogP contribution < -0.4 is 15.6 Å². The summed E-state index contributed by atoms with van der Waals surface area (Å²) in [6.07, 6.45) is 1.51. The van der Waals surface area contributed by atoms with Gasteiger partial charge in [-0.05, 0) is 44.2 Å². The minimum Gasteiger partial charge on any atom is -0.476 e. The van der Waals surface area contributed by atoms with Crippen molar-refractivity contribution < 1.29 is 14.3 Å². The average Bonchev–Trinajstić information content (AvgIpc) is 3.14. The lowest BCUT2D eigenvalue weighted by molar-refractivity contribution is -0.142. The van der Waals surface area contributed by atoms with E-state index < -0.39 is 5.97 Å². The molecule has 0 aliphatic rings. The number of carbonyl (C=O) groups excluding carboxylic acids is 1. The molecule has 1 aromatic carbocycles. The SMILES string of the molecule is COC(=O)COc1cc2cc(Nc3nc(-n4nc(C)cc4C)ncc3Cl)ccc2n(C)c1=O. The molecule has 0 radical (unpaired) electrons. The fourth-order valence-electron chi connectivity index (χ4n) is 3.35. The highest BCUT2D eigenvalue weighted by molar-refractivity contribution is 6.32. The minimum absolute atomic E-state index is 0.0411. The van der Waals surface area contributed by atoms with Gasteiger partial charge in [-0.2, -0.15) is 10.1 Å². The lowest BCUT2D eigenvalue weighted by Crippen LogP contribution is -2.22. The number of nitrogens with one attached hydrogen (secondary N) is 1. The third-order valence-corrected chi connectivity index (χ3v) is 5.23. The highest BCUT2D eigenvalue weighted by atomic mass is 35.5.